The number of halogens is 2. The van der Waals surface area contributed by atoms with Gasteiger partial charge in [0.05, 0.1) is 18.3 Å². The van der Waals surface area contributed by atoms with Gasteiger partial charge in [0.25, 0.3) is 0 Å². The van der Waals surface area contributed by atoms with Gasteiger partial charge in [0.2, 0.25) is 11.9 Å². The number of hydrogen-bond donors (Lipinski definition) is 1. The number of rotatable bonds is 5. The van der Waals surface area contributed by atoms with Gasteiger partial charge in [-0.15, -0.1) is 0 Å². The van der Waals surface area contributed by atoms with Crippen LogP contribution in [0, 0.1) is 5.95 Å². The summed E-state index contributed by atoms with van der Waals surface area (Å²) in [5, 5.41) is 3.17. The summed E-state index contributed by atoms with van der Waals surface area (Å²) in [4.78, 5) is 19.6. The summed E-state index contributed by atoms with van der Waals surface area (Å²) >= 11 is 5.97. The molecule has 2 aromatic rings. The maximum absolute atomic E-state index is 13.0. The van der Waals surface area contributed by atoms with E-state index in [4.69, 9.17) is 11.6 Å². The third-order valence-electron chi connectivity index (χ3n) is 3.00. The van der Waals surface area contributed by atoms with E-state index < -0.39 is 5.95 Å². The molecule has 0 saturated carbocycles. The fourth-order valence-electron chi connectivity index (χ4n) is 2.08. The molecule has 0 radical (unpaired) electrons. The van der Waals surface area contributed by atoms with E-state index in [1.54, 1.807) is 18.2 Å². The van der Waals surface area contributed by atoms with Crippen LogP contribution in [0.25, 0.3) is 0 Å². The van der Waals surface area contributed by atoms with E-state index in [0.717, 1.165) is 18.2 Å². The van der Waals surface area contributed by atoms with Crippen LogP contribution in [-0.4, -0.2) is 15.9 Å². The van der Waals surface area contributed by atoms with Crippen LogP contribution in [0.1, 0.15) is 31.2 Å². The zero-order valence-electron chi connectivity index (χ0n) is 11.5. The Labute approximate surface area is 127 Å². The van der Waals surface area contributed by atoms with Crippen LogP contribution in [0.15, 0.2) is 36.7 Å². The zero-order valence-corrected chi connectivity index (χ0v) is 12.3. The van der Waals surface area contributed by atoms with Crippen LogP contribution < -0.4 is 5.32 Å². The molecule has 4 nitrogen and oxygen atoms in total. The van der Waals surface area contributed by atoms with Crippen LogP contribution in [0.4, 0.5) is 10.2 Å². The first kappa shape index (κ1) is 15.4. The molecule has 1 N–H and O–H groups in total. The molecule has 110 valence electrons. The molecule has 1 aromatic heterocycles. The summed E-state index contributed by atoms with van der Waals surface area (Å²) in [6.45, 7) is 1.99. The first-order valence-electron chi connectivity index (χ1n) is 6.64. The molecule has 0 aliphatic rings. The lowest BCUT2D eigenvalue weighted by Crippen LogP contribution is -2.22. The third-order valence-corrected chi connectivity index (χ3v) is 3.24. The summed E-state index contributed by atoms with van der Waals surface area (Å²) in [6, 6.07) is 7.17. The number of nitrogens with one attached hydrogen (secondary N) is 1. The van der Waals surface area contributed by atoms with Crippen molar-refractivity contribution in [3.63, 3.8) is 0 Å². The molecule has 0 bridgehead atoms. The minimum Gasteiger partial charge on any atom is -0.309 e. The quantitative estimate of drug-likeness (QED) is 0.914. The molecule has 0 spiro atoms. The summed E-state index contributed by atoms with van der Waals surface area (Å²) < 4.78 is 13.0. The molecule has 0 fully saturated rings. The molecular weight excluding hydrogens is 293 g/mol. The average molecular weight is 308 g/mol. The Bertz CT molecular complexity index is 636. The number of carbonyl (C=O) groups is 1. The lowest BCUT2D eigenvalue weighted by atomic mass is 9.93. The van der Waals surface area contributed by atoms with Crippen molar-refractivity contribution in [1.82, 2.24) is 9.97 Å². The van der Waals surface area contributed by atoms with Crippen molar-refractivity contribution in [3.8, 4) is 0 Å². The van der Waals surface area contributed by atoms with Crippen molar-refractivity contribution in [2.75, 3.05) is 5.32 Å². The lowest BCUT2D eigenvalue weighted by Gasteiger charge is -2.16. The molecule has 2 rings (SSSR count). The van der Waals surface area contributed by atoms with Crippen LogP contribution in [0.3, 0.4) is 0 Å². The largest absolute Gasteiger partial charge is 0.309 e. The van der Waals surface area contributed by atoms with Gasteiger partial charge in [-0.2, -0.15) is 9.37 Å². The second kappa shape index (κ2) is 7.13. The smallest absolute Gasteiger partial charge is 0.233 e. The fraction of sp³-hybridized carbons (Fsp3) is 0.267. The Morgan fingerprint density at radius 2 is 2.24 bits per heavy atom. The lowest BCUT2D eigenvalue weighted by molar-refractivity contribution is -0.117. The molecule has 1 aromatic carbocycles. The summed E-state index contributed by atoms with van der Waals surface area (Å²) in [5.74, 6) is -1.25. The van der Waals surface area contributed by atoms with E-state index >= 15 is 0 Å². The third kappa shape index (κ3) is 4.23. The predicted octanol–water partition coefficient (Wildman–Crippen LogP) is 3.79. The van der Waals surface area contributed by atoms with Gasteiger partial charge in [-0.05, 0) is 24.1 Å². The highest BCUT2D eigenvalue weighted by Crippen LogP contribution is 2.25. The van der Waals surface area contributed by atoms with Gasteiger partial charge in [-0.25, -0.2) is 0 Å². The van der Waals surface area contributed by atoms with Gasteiger partial charge in [0.15, 0.2) is 5.82 Å². The van der Waals surface area contributed by atoms with Gasteiger partial charge < -0.3 is 5.32 Å². The molecule has 0 saturated heterocycles. The standard InChI is InChI=1S/C15H15ClFN3O/c1-2-4-12(10-5-3-6-11(16)7-10)15(21)20-14-9-18-8-13(17)19-14/h3,5-9,12H,2,4H2,1H3,(H,19,20,21). The Balaban J connectivity index is 2.19. The molecule has 1 unspecified atom stereocenters. The van der Waals surface area contributed by atoms with Crippen molar-refractivity contribution in [2.24, 2.45) is 0 Å². The number of aromatic nitrogens is 2. The van der Waals surface area contributed by atoms with E-state index in [2.05, 4.69) is 15.3 Å². The topological polar surface area (TPSA) is 54.9 Å². The van der Waals surface area contributed by atoms with Crippen LogP contribution in [0.2, 0.25) is 5.02 Å². The maximum Gasteiger partial charge on any atom is 0.233 e. The summed E-state index contributed by atoms with van der Waals surface area (Å²) in [6.07, 6.45) is 3.78. The van der Waals surface area contributed by atoms with Crippen molar-refractivity contribution in [3.05, 3.63) is 53.2 Å². The van der Waals surface area contributed by atoms with Crippen molar-refractivity contribution >= 4 is 23.3 Å². The molecular formula is C15H15ClFN3O. The fourth-order valence-corrected chi connectivity index (χ4v) is 2.28. The summed E-state index contributed by atoms with van der Waals surface area (Å²) in [5.41, 5.74) is 0.825. The highest BCUT2D eigenvalue weighted by atomic mass is 35.5. The van der Waals surface area contributed by atoms with E-state index in [1.807, 2.05) is 13.0 Å². The second-order valence-corrected chi connectivity index (χ2v) is 5.05. The first-order valence-corrected chi connectivity index (χ1v) is 7.02. The van der Waals surface area contributed by atoms with Gasteiger partial charge in [-0.3, -0.25) is 9.78 Å². The molecule has 0 aliphatic carbocycles. The summed E-state index contributed by atoms with van der Waals surface area (Å²) in [7, 11) is 0. The number of amides is 1. The second-order valence-electron chi connectivity index (χ2n) is 4.61. The van der Waals surface area contributed by atoms with Crippen LogP contribution in [0.5, 0.6) is 0 Å². The van der Waals surface area contributed by atoms with Crippen molar-refractivity contribution < 1.29 is 9.18 Å². The molecule has 0 aliphatic heterocycles. The van der Waals surface area contributed by atoms with Gasteiger partial charge in [-0.1, -0.05) is 37.1 Å². The molecule has 21 heavy (non-hydrogen) atoms. The van der Waals surface area contributed by atoms with E-state index in [-0.39, 0.29) is 17.6 Å². The molecule has 1 amide bonds. The van der Waals surface area contributed by atoms with Gasteiger partial charge >= 0.3 is 0 Å². The number of nitrogens with zero attached hydrogens (tertiary/aromatic N) is 2. The Morgan fingerprint density at radius 1 is 1.43 bits per heavy atom. The minimum atomic E-state index is -0.734. The van der Waals surface area contributed by atoms with Gasteiger partial charge in [0, 0.05) is 5.02 Å². The van der Waals surface area contributed by atoms with Crippen molar-refractivity contribution in [2.45, 2.75) is 25.7 Å². The number of benzene rings is 1. The van der Waals surface area contributed by atoms with Crippen LogP contribution in [-0.2, 0) is 4.79 Å². The highest BCUT2D eigenvalue weighted by Gasteiger charge is 2.20. The number of carbonyl (C=O) groups excluding carboxylic acids is 1. The molecule has 6 heteroatoms. The van der Waals surface area contributed by atoms with E-state index in [1.165, 1.54) is 6.20 Å². The Hall–Kier alpha value is -2.01. The number of anilines is 1. The van der Waals surface area contributed by atoms with E-state index in [0.29, 0.717) is 11.4 Å². The van der Waals surface area contributed by atoms with Crippen LogP contribution >= 0.6 is 11.6 Å². The van der Waals surface area contributed by atoms with Crippen molar-refractivity contribution in [1.29, 1.82) is 0 Å². The predicted molar refractivity (Wildman–Crippen MR) is 79.7 cm³/mol. The Morgan fingerprint density at radius 3 is 2.90 bits per heavy atom. The first-order chi connectivity index (χ1) is 10.1. The molecule has 1 atom stereocenters. The monoisotopic (exact) mass is 307 g/mol. The Kier molecular flexibility index (Phi) is 5.22. The normalized spacial score (nSPS) is 12.0. The SMILES string of the molecule is CCCC(C(=O)Nc1cncc(F)n1)c1cccc(Cl)c1. The average Bonchev–Trinajstić information content (AvgIpc) is 2.44. The molecule has 1 heterocycles. The maximum atomic E-state index is 13.0. The number of hydrogen-bond acceptors (Lipinski definition) is 3. The highest BCUT2D eigenvalue weighted by molar-refractivity contribution is 6.30. The minimum absolute atomic E-state index is 0.100. The zero-order chi connectivity index (χ0) is 15.2. The van der Waals surface area contributed by atoms with Gasteiger partial charge in [0.1, 0.15) is 0 Å². The van der Waals surface area contributed by atoms with E-state index in [9.17, 15) is 9.18 Å².